The van der Waals surface area contributed by atoms with Gasteiger partial charge in [-0.25, -0.2) is 0 Å². The first-order chi connectivity index (χ1) is 9.51. The summed E-state index contributed by atoms with van der Waals surface area (Å²) in [5.41, 5.74) is 5.70. The van der Waals surface area contributed by atoms with Gasteiger partial charge in [-0.3, -0.25) is 4.79 Å². The van der Waals surface area contributed by atoms with Crippen LogP contribution in [0, 0.1) is 5.41 Å². The van der Waals surface area contributed by atoms with Crippen LogP contribution in [-0.2, 0) is 4.79 Å². The summed E-state index contributed by atoms with van der Waals surface area (Å²) < 4.78 is 0. The molecule has 0 unspecified atom stereocenters. The average Bonchev–Trinajstić information content (AvgIpc) is 2.46. The van der Waals surface area contributed by atoms with Gasteiger partial charge in [0, 0.05) is 23.4 Å². The summed E-state index contributed by atoms with van der Waals surface area (Å²) in [5.74, 6) is 0.692. The molecule has 1 heterocycles. The number of hydrogen-bond donors (Lipinski definition) is 1. The fourth-order valence-corrected chi connectivity index (χ4v) is 3.28. The summed E-state index contributed by atoms with van der Waals surface area (Å²) in [6.45, 7) is 3.60. The van der Waals surface area contributed by atoms with Crippen LogP contribution >= 0.6 is 24.0 Å². The highest BCUT2D eigenvalue weighted by Gasteiger charge is 2.33. The molecule has 1 aliphatic heterocycles. The Morgan fingerprint density at radius 2 is 1.95 bits per heavy atom. The molecule has 1 fully saturated rings. The van der Waals surface area contributed by atoms with E-state index in [4.69, 9.17) is 18.0 Å². The lowest BCUT2D eigenvalue weighted by molar-refractivity contribution is -0.129. The van der Waals surface area contributed by atoms with Crippen molar-refractivity contribution in [1.82, 2.24) is 4.90 Å². The number of thiocarbonyl (C=S) groups is 1. The summed E-state index contributed by atoms with van der Waals surface area (Å²) in [6.07, 6.45) is 1.73. The van der Waals surface area contributed by atoms with Gasteiger partial charge in [0.05, 0.1) is 10.7 Å². The molecular formula is C15H20N2OS2. The van der Waals surface area contributed by atoms with Gasteiger partial charge >= 0.3 is 0 Å². The summed E-state index contributed by atoms with van der Waals surface area (Å²) in [6, 6.07) is 10.0. The standard InChI is InChI=1S/C15H20N2OS2/c1-15(14(16)19)7-9-17(10-8-15)13(18)11-20-12-5-3-2-4-6-12/h2-6H,7-11H2,1H3,(H2,16,19). The minimum absolute atomic E-state index is 0.0846. The third-order valence-corrected chi connectivity index (χ3v) is 5.41. The Balaban J connectivity index is 1.82. The number of carbonyl (C=O) groups is 1. The Labute approximate surface area is 129 Å². The van der Waals surface area contributed by atoms with Crippen LogP contribution in [0.4, 0.5) is 0 Å². The van der Waals surface area contributed by atoms with E-state index in [2.05, 4.69) is 6.92 Å². The Morgan fingerprint density at radius 3 is 2.50 bits per heavy atom. The number of nitrogens with zero attached hydrogens (tertiary/aromatic N) is 1. The van der Waals surface area contributed by atoms with E-state index in [0.29, 0.717) is 10.7 Å². The van der Waals surface area contributed by atoms with E-state index < -0.39 is 0 Å². The van der Waals surface area contributed by atoms with Crippen LogP contribution in [-0.4, -0.2) is 34.6 Å². The van der Waals surface area contributed by atoms with Gasteiger partial charge in [-0.1, -0.05) is 37.3 Å². The topological polar surface area (TPSA) is 46.3 Å². The molecule has 3 nitrogen and oxygen atoms in total. The van der Waals surface area contributed by atoms with Crippen molar-refractivity contribution in [3.63, 3.8) is 0 Å². The van der Waals surface area contributed by atoms with Crippen LogP contribution in [0.5, 0.6) is 0 Å². The van der Waals surface area contributed by atoms with Crippen LogP contribution in [0.25, 0.3) is 0 Å². The van der Waals surface area contributed by atoms with Gasteiger partial charge in [0.15, 0.2) is 0 Å². The second-order valence-corrected chi connectivity index (χ2v) is 6.90. The lowest BCUT2D eigenvalue weighted by Crippen LogP contribution is -2.47. The summed E-state index contributed by atoms with van der Waals surface area (Å²) in [4.78, 5) is 15.8. The van der Waals surface area contributed by atoms with E-state index in [1.165, 1.54) is 0 Å². The number of hydrogen-bond acceptors (Lipinski definition) is 3. The largest absolute Gasteiger partial charge is 0.393 e. The van der Waals surface area contributed by atoms with Gasteiger partial charge in [0.25, 0.3) is 0 Å². The van der Waals surface area contributed by atoms with Crippen LogP contribution in [0.2, 0.25) is 0 Å². The van der Waals surface area contributed by atoms with E-state index >= 15 is 0 Å². The van der Waals surface area contributed by atoms with Crippen molar-refractivity contribution in [2.75, 3.05) is 18.8 Å². The molecule has 0 aromatic heterocycles. The van der Waals surface area contributed by atoms with Crippen molar-refractivity contribution in [3.05, 3.63) is 30.3 Å². The molecule has 0 bridgehead atoms. The number of nitrogens with two attached hydrogens (primary N) is 1. The molecule has 5 heteroatoms. The molecule has 1 saturated heterocycles. The molecule has 1 amide bonds. The van der Waals surface area contributed by atoms with Gasteiger partial charge in [-0.05, 0) is 25.0 Å². The molecule has 2 rings (SSSR count). The molecule has 0 atom stereocenters. The second kappa shape index (κ2) is 6.59. The van der Waals surface area contributed by atoms with E-state index in [1.54, 1.807) is 11.8 Å². The summed E-state index contributed by atoms with van der Waals surface area (Å²) in [7, 11) is 0. The van der Waals surface area contributed by atoms with Crippen LogP contribution in [0.3, 0.4) is 0 Å². The fraction of sp³-hybridized carbons (Fsp3) is 0.467. The van der Waals surface area contributed by atoms with Gasteiger partial charge < -0.3 is 10.6 Å². The Morgan fingerprint density at radius 1 is 1.35 bits per heavy atom. The molecule has 0 radical (unpaired) electrons. The molecular weight excluding hydrogens is 288 g/mol. The normalized spacial score (nSPS) is 17.8. The molecule has 108 valence electrons. The molecule has 20 heavy (non-hydrogen) atoms. The summed E-state index contributed by atoms with van der Waals surface area (Å²) >= 11 is 6.71. The molecule has 0 spiro atoms. The third-order valence-electron chi connectivity index (χ3n) is 3.92. The minimum atomic E-state index is -0.0846. The number of rotatable bonds is 4. The molecule has 0 aliphatic carbocycles. The predicted molar refractivity (Wildman–Crippen MR) is 87.9 cm³/mol. The van der Waals surface area contributed by atoms with Crippen LogP contribution in [0.1, 0.15) is 19.8 Å². The van der Waals surface area contributed by atoms with Gasteiger partial charge in [-0.2, -0.15) is 0 Å². The minimum Gasteiger partial charge on any atom is -0.393 e. The lowest BCUT2D eigenvalue weighted by Gasteiger charge is -2.38. The zero-order valence-electron chi connectivity index (χ0n) is 11.7. The van der Waals surface area contributed by atoms with E-state index in [-0.39, 0.29) is 11.3 Å². The number of benzene rings is 1. The fourth-order valence-electron chi connectivity index (χ4n) is 2.25. The maximum atomic E-state index is 12.2. The van der Waals surface area contributed by atoms with Crippen molar-refractivity contribution in [3.8, 4) is 0 Å². The van der Waals surface area contributed by atoms with Crippen molar-refractivity contribution in [2.24, 2.45) is 11.1 Å². The number of carbonyl (C=O) groups excluding carboxylic acids is 1. The highest BCUT2D eigenvalue weighted by molar-refractivity contribution is 8.00. The van der Waals surface area contributed by atoms with Crippen molar-refractivity contribution >= 4 is 34.9 Å². The monoisotopic (exact) mass is 308 g/mol. The zero-order valence-corrected chi connectivity index (χ0v) is 13.3. The first-order valence-corrected chi connectivity index (χ1v) is 8.16. The third kappa shape index (κ3) is 3.73. The number of thioether (sulfide) groups is 1. The Bertz CT molecular complexity index is 482. The quantitative estimate of drug-likeness (QED) is 0.686. The molecule has 2 N–H and O–H groups in total. The van der Waals surface area contributed by atoms with Gasteiger partial charge in [0.2, 0.25) is 5.91 Å². The van der Waals surface area contributed by atoms with Crippen LogP contribution in [0.15, 0.2) is 35.2 Å². The Kier molecular flexibility index (Phi) is 5.05. The highest BCUT2D eigenvalue weighted by atomic mass is 32.2. The predicted octanol–water partition coefficient (Wildman–Crippen LogP) is 2.69. The molecule has 1 aromatic rings. The summed E-state index contributed by atoms with van der Waals surface area (Å²) in [5, 5.41) is 0. The smallest absolute Gasteiger partial charge is 0.232 e. The lowest BCUT2D eigenvalue weighted by atomic mass is 9.80. The molecule has 1 aliphatic rings. The van der Waals surface area contributed by atoms with Crippen LogP contribution < -0.4 is 5.73 Å². The van der Waals surface area contributed by atoms with Crippen molar-refractivity contribution in [2.45, 2.75) is 24.7 Å². The van der Waals surface area contributed by atoms with E-state index in [1.807, 2.05) is 35.2 Å². The zero-order chi connectivity index (χ0) is 14.6. The number of piperidine rings is 1. The highest BCUT2D eigenvalue weighted by Crippen LogP contribution is 2.31. The maximum Gasteiger partial charge on any atom is 0.232 e. The SMILES string of the molecule is CC1(C(N)=S)CCN(C(=O)CSc2ccccc2)CC1. The van der Waals surface area contributed by atoms with Crippen molar-refractivity contribution < 1.29 is 4.79 Å². The first-order valence-electron chi connectivity index (χ1n) is 6.77. The molecule has 0 saturated carbocycles. The second-order valence-electron chi connectivity index (χ2n) is 5.41. The van der Waals surface area contributed by atoms with Gasteiger partial charge in [-0.15, -0.1) is 11.8 Å². The van der Waals surface area contributed by atoms with Crippen molar-refractivity contribution in [1.29, 1.82) is 0 Å². The maximum absolute atomic E-state index is 12.2. The van der Waals surface area contributed by atoms with E-state index in [9.17, 15) is 4.79 Å². The average molecular weight is 308 g/mol. The Hall–Kier alpha value is -1.07. The van der Waals surface area contributed by atoms with E-state index in [0.717, 1.165) is 30.8 Å². The first kappa shape index (κ1) is 15.3. The van der Waals surface area contributed by atoms with Gasteiger partial charge in [0.1, 0.15) is 0 Å². The number of likely N-dealkylation sites (tertiary alicyclic amines) is 1. The number of amides is 1. The molecule has 1 aromatic carbocycles.